The number of alkyl halides is 2. The Labute approximate surface area is 252 Å². The number of pyridine rings is 1. The van der Waals surface area contributed by atoms with Gasteiger partial charge in [-0.05, 0) is 59.7 Å². The van der Waals surface area contributed by atoms with E-state index >= 15 is 13.2 Å². The third-order valence-corrected chi connectivity index (χ3v) is 7.89. The molecule has 3 heterocycles. The number of nitrogens with zero attached hydrogens (tertiary/aromatic N) is 4. The third-order valence-electron chi connectivity index (χ3n) is 7.89. The van der Waals surface area contributed by atoms with Crippen LogP contribution in [0.25, 0.3) is 22.0 Å². The average Bonchev–Trinajstić information content (AvgIpc) is 2.92. The summed E-state index contributed by atoms with van der Waals surface area (Å²) in [6.45, 7) is 8.42. The van der Waals surface area contributed by atoms with E-state index in [4.69, 9.17) is 4.74 Å². The summed E-state index contributed by atoms with van der Waals surface area (Å²) in [5.41, 5.74) is -2.97. The second-order valence-electron chi connectivity index (χ2n) is 12.2. The fourth-order valence-corrected chi connectivity index (χ4v) is 5.38. The molecule has 0 saturated heterocycles. The Balaban J connectivity index is 1.73. The Hall–Kier alpha value is -4.45. The van der Waals surface area contributed by atoms with Gasteiger partial charge in [-0.25, -0.2) is 14.4 Å². The highest BCUT2D eigenvalue weighted by atomic mass is 19.3. The molecular formula is C32H34F3N5O4. The van der Waals surface area contributed by atoms with Gasteiger partial charge in [-0.2, -0.15) is 8.78 Å². The Morgan fingerprint density at radius 3 is 2.41 bits per heavy atom. The molecule has 0 unspecified atom stereocenters. The van der Waals surface area contributed by atoms with Crippen molar-refractivity contribution in [3.63, 3.8) is 0 Å². The van der Waals surface area contributed by atoms with E-state index in [-0.39, 0.29) is 22.8 Å². The maximum absolute atomic E-state index is 15.6. The van der Waals surface area contributed by atoms with Crippen LogP contribution in [-0.2, 0) is 17.8 Å². The molecule has 44 heavy (non-hydrogen) atoms. The van der Waals surface area contributed by atoms with Gasteiger partial charge >= 0.3 is 5.92 Å². The number of aliphatic hydroxyl groups is 1. The van der Waals surface area contributed by atoms with Gasteiger partial charge < -0.3 is 24.6 Å². The summed E-state index contributed by atoms with van der Waals surface area (Å²) >= 11 is 0. The van der Waals surface area contributed by atoms with Gasteiger partial charge in [0.15, 0.2) is 11.4 Å². The number of fused-ring (bicyclic) bond motifs is 3. The van der Waals surface area contributed by atoms with Crippen LogP contribution in [-0.4, -0.2) is 43.8 Å². The average molecular weight is 610 g/mol. The van der Waals surface area contributed by atoms with Crippen molar-refractivity contribution in [2.75, 3.05) is 17.3 Å². The van der Waals surface area contributed by atoms with Gasteiger partial charge in [-0.3, -0.25) is 9.59 Å². The van der Waals surface area contributed by atoms with Crippen molar-refractivity contribution in [1.29, 1.82) is 0 Å². The number of hydrogen-bond donors (Lipinski definition) is 2. The number of nitrogens with one attached hydrogen (secondary N) is 1. The molecular weight excluding hydrogens is 575 g/mol. The quantitative estimate of drug-likeness (QED) is 0.292. The number of ether oxygens (including phenoxy) is 1. The van der Waals surface area contributed by atoms with E-state index in [0.717, 1.165) is 19.9 Å². The standard InChI is InChI=1S/C32H34F3N5O4/c1-16(19-10-9-11-22(24(19)33)32(34,35)31(5,6)43)36-28-21-14-20(18-12-13-23(41)39(7)15-18)27-26(25(21)37-17(2)38-28)40(8)29(42)30(3,4)44-27/h9-16,43H,1-8H3,(H,36,37,38)/t16-/m1/s1. The molecule has 0 saturated carbocycles. The highest BCUT2D eigenvalue weighted by Gasteiger charge is 2.49. The molecule has 12 heteroatoms. The van der Waals surface area contributed by atoms with Crippen molar-refractivity contribution < 1.29 is 27.8 Å². The van der Waals surface area contributed by atoms with Gasteiger partial charge in [0.25, 0.3) is 5.91 Å². The number of amides is 1. The molecule has 0 spiro atoms. The van der Waals surface area contributed by atoms with Gasteiger partial charge in [0.05, 0.1) is 11.6 Å². The minimum absolute atomic E-state index is 0.0653. The largest absolute Gasteiger partial charge is 0.475 e. The van der Waals surface area contributed by atoms with Crippen LogP contribution in [0.2, 0.25) is 0 Å². The predicted octanol–water partition coefficient (Wildman–Crippen LogP) is 5.61. The summed E-state index contributed by atoms with van der Waals surface area (Å²) in [5, 5.41) is 13.7. The van der Waals surface area contributed by atoms with Gasteiger partial charge in [-0.1, -0.05) is 12.1 Å². The van der Waals surface area contributed by atoms with Crippen molar-refractivity contribution in [3.8, 4) is 16.9 Å². The van der Waals surface area contributed by atoms with Crippen LogP contribution in [0.3, 0.4) is 0 Å². The van der Waals surface area contributed by atoms with Crippen LogP contribution in [0, 0.1) is 12.7 Å². The van der Waals surface area contributed by atoms with Gasteiger partial charge in [0.2, 0.25) is 5.56 Å². The lowest BCUT2D eigenvalue weighted by Crippen LogP contribution is -2.51. The summed E-state index contributed by atoms with van der Waals surface area (Å²) in [5.74, 6) is -4.35. The maximum atomic E-state index is 15.6. The molecule has 1 aliphatic heterocycles. The number of rotatable bonds is 6. The molecule has 1 amide bonds. The second-order valence-corrected chi connectivity index (χ2v) is 12.2. The van der Waals surface area contributed by atoms with Gasteiger partial charge in [0, 0.05) is 48.4 Å². The first kappa shape index (κ1) is 31.0. The first-order valence-electron chi connectivity index (χ1n) is 14.0. The van der Waals surface area contributed by atoms with Crippen LogP contribution in [0.4, 0.5) is 24.7 Å². The molecule has 1 aliphatic rings. The second kappa shape index (κ2) is 10.3. The molecule has 0 aliphatic carbocycles. The highest BCUT2D eigenvalue weighted by Crippen LogP contribution is 2.49. The Bertz CT molecular complexity index is 1880. The SMILES string of the molecule is Cc1nc(N[C@H](C)c2cccc(C(F)(F)C(C)(C)O)c2F)c2cc(-c3ccc(=O)n(C)c3)c3c(c2n1)N(C)C(=O)C(C)(C)O3. The predicted molar refractivity (Wildman–Crippen MR) is 162 cm³/mol. The zero-order chi connectivity index (χ0) is 32.5. The normalized spacial score (nSPS) is 15.6. The molecule has 5 rings (SSSR count). The lowest BCUT2D eigenvalue weighted by atomic mass is 9.91. The van der Waals surface area contributed by atoms with Crippen molar-refractivity contribution in [2.24, 2.45) is 7.05 Å². The molecule has 232 valence electrons. The fraction of sp³-hybridized carbons (Fsp3) is 0.375. The van der Waals surface area contributed by atoms with Crippen LogP contribution >= 0.6 is 0 Å². The molecule has 4 aromatic rings. The van der Waals surface area contributed by atoms with E-state index in [2.05, 4.69) is 15.3 Å². The van der Waals surface area contributed by atoms with E-state index in [9.17, 15) is 14.7 Å². The number of hydrogen-bond acceptors (Lipinski definition) is 7. The number of benzene rings is 2. The number of anilines is 2. The molecule has 2 N–H and O–H groups in total. The van der Waals surface area contributed by atoms with Crippen molar-refractivity contribution in [1.82, 2.24) is 14.5 Å². The molecule has 1 atom stereocenters. The Morgan fingerprint density at radius 1 is 1.09 bits per heavy atom. The lowest BCUT2D eigenvalue weighted by Gasteiger charge is -2.38. The summed E-state index contributed by atoms with van der Waals surface area (Å²) in [6, 6.07) is 7.60. The number of carbonyl (C=O) groups is 1. The first-order valence-corrected chi connectivity index (χ1v) is 14.0. The smallest absolute Gasteiger partial charge is 0.303 e. The monoisotopic (exact) mass is 609 g/mol. The zero-order valence-electron chi connectivity index (χ0n) is 25.7. The fourth-order valence-electron chi connectivity index (χ4n) is 5.38. The maximum Gasteiger partial charge on any atom is 0.303 e. The Morgan fingerprint density at radius 2 is 1.77 bits per heavy atom. The number of aromatic nitrogens is 3. The minimum Gasteiger partial charge on any atom is -0.475 e. The molecule has 2 aromatic heterocycles. The highest BCUT2D eigenvalue weighted by molar-refractivity contribution is 6.13. The third kappa shape index (κ3) is 4.96. The number of halogens is 3. The summed E-state index contributed by atoms with van der Waals surface area (Å²) in [6.07, 6.45) is 1.64. The molecule has 0 bridgehead atoms. The van der Waals surface area contributed by atoms with E-state index in [1.807, 2.05) is 0 Å². The van der Waals surface area contributed by atoms with Crippen LogP contribution < -0.4 is 20.5 Å². The number of aryl methyl sites for hydroxylation is 2. The lowest BCUT2D eigenvalue weighted by molar-refractivity contribution is -0.170. The molecule has 2 aromatic carbocycles. The van der Waals surface area contributed by atoms with E-state index in [1.54, 1.807) is 60.1 Å². The van der Waals surface area contributed by atoms with Crippen molar-refractivity contribution in [3.05, 3.63) is 75.7 Å². The van der Waals surface area contributed by atoms with Gasteiger partial charge in [-0.15, -0.1) is 0 Å². The number of likely N-dealkylation sites (N-methyl/N-ethyl adjacent to an activating group) is 1. The van der Waals surface area contributed by atoms with E-state index in [1.165, 1.54) is 27.7 Å². The van der Waals surface area contributed by atoms with E-state index in [0.29, 0.717) is 39.3 Å². The molecule has 9 nitrogen and oxygen atoms in total. The van der Waals surface area contributed by atoms with Crippen LogP contribution in [0.5, 0.6) is 5.75 Å². The molecule has 0 fully saturated rings. The van der Waals surface area contributed by atoms with Crippen LogP contribution in [0.1, 0.15) is 57.6 Å². The molecule has 0 radical (unpaired) electrons. The van der Waals surface area contributed by atoms with Crippen molar-refractivity contribution >= 4 is 28.3 Å². The van der Waals surface area contributed by atoms with Crippen molar-refractivity contribution in [2.45, 2.75) is 64.7 Å². The Kier molecular flexibility index (Phi) is 7.27. The minimum atomic E-state index is -3.86. The van der Waals surface area contributed by atoms with E-state index < -0.39 is 34.5 Å². The first-order chi connectivity index (χ1) is 20.3. The summed E-state index contributed by atoms with van der Waals surface area (Å²) in [7, 11) is 3.23. The van der Waals surface area contributed by atoms with Crippen LogP contribution in [0.15, 0.2) is 47.4 Å². The number of carbonyl (C=O) groups excluding carboxylic acids is 1. The summed E-state index contributed by atoms with van der Waals surface area (Å²) in [4.78, 5) is 36.2. The topological polar surface area (TPSA) is 110 Å². The van der Waals surface area contributed by atoms with Gasteiger partial charge in [0.1, 0.15) is 34.3 Å². The summed E-state index contributed by atoms with van der Waals surface area (Å²) < 4.78 is 53.3. The zero-order valence-corrected chi connectivity index (χ0v) is 25.7.